The number of nitrogens with one attached hydrogen (secondary N) is 1. The number of rotatable bonds is 6. The Hall–Kier alpha value is -3.12. The van der Waals surface area contributed by atoms with Crippen LogP contribution >= 0.6 is 0 Å². The van der Waals surface area contributed by atoms with Crippen molar-refractivity contribution in [3.63, 3.8) is 0 Å². The van der Waals surface area contributed by atoms with Gasteiger partial charge >= 0.3 is 0 Å². The van der Waals surface area contributed by atoms with Gasteiger partial charge in [0.2, 0.25) is 0 Å². The normalized spacial score (nSPS) is 11.1. The van der Waals surface area contributed by atoms with Gasteiger partial charge in [-0.2, -0.15) is 0 Å². The summed E-state index contributed by atoms with van der Waals surface area (Å²) in [6, 6.07) is 22.9. The fourth-order valence-corrected chi connectivity index (χ4v) is 4.12. The molecule has 3 aromatic rings. The zero-order valence-corrected chi connectivity index (χ0v) is 16.6. The van der Waals surface area contributed by atoms with E-state index in [1.54, 1.807) is 48.5 Å². The van der Waals surface area contributed by atoms with Gasteiger partial charge < -0.3 is 5.32 Å². The van der Waals surface area contributed by atoms with Crippen molar-refractivity contribution in [3.05, 3.63) is 95.6 Å². The number of hydrogen-bond acceptors (Lipinski definition) is 3. The first kappa shape index (κ1) is 19.6. The average molecular weight is 394 g/mol. The third-order valence-corrected chi connectivity index (χ3v) is 6.29. The highest BCUT2D eigenvalue weighted by atomic mass is 32.2. The van der Waals surface area contributed by atoms with Crippen LogP contribution in [0, 0.1) is 6.92 Å². The van der Waals surface area contributed by atoms with E-state index < -0.39 is 10.0 Å². The second-order valence-corrected chi connectivity index (χ2v) is 8.42. The van der Waals surface area contributed by atoms with Gasteiger partial charge in [-0.1, -0.05) is 54.6 Å². The molecule has 1 N–H and O–H groups in total. The summed E-state index contributed by atoms with van der Waals surface area (Å²) in [5.74, 6) is -0.254. The number of amides is 1. The van der Waals surface area contributed by atoms with Gasteiger partial charge in [0.1, 0.15) is 0 Å². The predicted molar refractivity (Wildman–Crippen MR) is 111 cm³/mol. The smallest absolute Gasteiger partial charge is 0.264 e. The van der Waals surface area contributed by atoms with Gasteiger partial charge in [-0.15, -0.1) is 0 Å². The zero-order valence-electron chi connectivity index (χ0n) is 15.8. The molecule has 0 heterocycles. The molecule has 3 rings (SSSR count). The molecule has 0 fully saturated rings. The minimum Gasteiger partial charge on any atom is -0.348 e. The van der Waals surface area contributed by atoms with Gasteiger partial charge in [0.25, 0.3) is 15.9 Å². The van der Waals surface area contributed by atoms with Crippen molar-refractivity contribution >= 4 is 21.6 Å². The monoisotopic (exact) mass is 394 g/mol. The molecule has 0 aliphatic heterocycles. The number of anilines is 1. The van der Waals surface area contributed by atoms with Gasteiger partial charge in [0.15, 0.2) is 0 Å². The van der Waals surface area contributed by atoms with E-state index in [2.05, 4.69) is 5.32 Å². The summed E-state index contributed by atoms with van der Waals surface area (Å²) < 4.78 is 27.0. The SMILES string of the molecule is Cc1ccc(C(=O)NCc2ccccc2)cc1N(C)S(=O)(=O)c1ccccc1. The molecule has 0 atom stereocenters. The van der Waals surface area contributed by atoms with Crippen molar-refractivity contribution < 1.29 is 13.2 Å². The van der Waals surface area contributed by atoms with Crippen molar-refractivity contribution in [2.45, 2.75) is 18.4 Å². The van der Waals surface area contributed by atoms with Gasteiger partial charge in [-0.05, 0) is 42.3 Å². The lowest BCUT2D eigenvalue weighted by molar-refractivity contribution is 0.0951. The first-order chi connectivity index (χ1) is 13.4. The fourth-order valence-electron chi connectivity index (χ4n) is 2.85. The highest BCUT2D eigenvalue weighted by Crippen LogP contribution is 2.26. The summed E-state index contributed by atoms with van der Waals surface area (Å²) in [6.07, 6.45) is 0. The van der Waals surface area contributed by atoms with E-state index in [0.717, 1.165) is 11.1 Å². The maximum absolute atomic E-state index is 12.9. The van der Waals surface area contributed by atoms with E-state index in [1.165, 1.54) is 11.4 Å². The van der Waals surface area contributed by atoms with E-state index >= 15 is 0 Å². The molecule has 0 radical (unpaired) electrons. The Bertz CT molecular complexity index is 1070. The number of sulfonamides is 1. The highest BCUT2D eigenvalue weighted by Gasteiger charge is 2.23. The maximum Gasteiger partial charge on any atom is 0.264 e. The average Bonchev–Trinajstić information content (AvgIpc) is 2.73. The third kappa shape index (κ3) is 4.23. The van der Waals surface area contributed by atoms with Crippen LogP contribution in [0.2, 0.25) is 0 Å². The Morgan fingerprint density at radius 1 is 0.929 bits per heavy atom. The first-order valence-electron chi connectivity index (χ1n) is 8.86. The summed E-state index contributed by atoms with van der Waals surface area (Å²) in [4.78, 5) is 12.7. The summed E-state index contributed by atoms with van der Waals surface area (Å²) >= 11 is 0. The molecule has 28 heavy (non-hydrogen) atoms. The Morgan fingerprint density at radius 3 is 2.18 bits per heavy atom. The van der Waals surface area contributed by atoms with Crippen LogP contribution in [0.15, 0.2) is 83.8 Å². The third-order valence-electron chi connectivity index (χ3n) is 4.51. The van der Waals surface area contributed by atoms with Crippen LogP contribution in [0.5, 0.6) is 0 Å². The van der Waals surface area contributed by atoms with E-state index in [9.17, 15) is 13.2 Å². The van der Waals surface area contributed by atoms with E-state index in [4.69, 9.17) is 0 Å². The summed E-state index contributed by atoms with van der Waals surface area (Å²) in [7, 11) is -2.21. The number of aryl methyl sites for hydroxylation is 1. The summed E-state index contributed by atoms with van der Waals surface area (Å²) in [5, 5.41) is 2.86. The highest BCUT2D eigenvalue weighted by molar-refractivity contribution is 7.92. The van der Waals surface area contributed by atoms with Crippen molar-refractivity contribution in [2.24, 2.45) is 0 Å². The Balaban J connectivity index is 1.84. The van der Waals surface area contributed by atoms with E-state index in [0.29, 0.717) is 17.8 Å². The minimum absolute atomic E-state index is 0.204. The number of carbonyl (C=O) groups excluding carboxylic acids is 1. The molecular formula is C22H22N2O3S. The van der Waals surface area contributed by atoms with Gasteiger partial charge in [0.05, 0.1) is 10.6 Å². The van der Waals surface area contributed by atoms with Crippen LogP contribution in [0.1, 0.15) is 21.5 Å². The van der Waals surface area contributed by atoms with Crippen LogP contribution in [0.25, 0.3) is 0 Å². The number of benzene rings is 3. The summed E-state index contributed by atoms with van der Waals surface area (Å²) in [5.41, 5.74) is 2.64. The molecule has 3 aromatic carbocycles. The largest absolute Gasteiger partial charge is 0.348 e. The van der Waals surface area contributed by atoms with Crippen molar-refractivity contribution in [1.29, 1.82) is 0 Å². The number of nitrogens with zero attached hydrogens (tertiary/aromatic N) is 1. The van der Waals surface area contributed by atoms with Gasteiger partial charge in [-0.25, -0.2) is 8.42 Å². The van der Waals surface area contributed by atoms with E-state index in [-0.39, 0.29) is 10.8 Å². The lowest BCUT2D eigenvalue weighted by Gasteiger charge is -2.22. The van der Waals surface area contributed by atoms with Crippen LogP contribution in [-0.2, 0) is 16.6 Å². The molecule has 0 aliphatic carbocycles. The van der Waals surface area contributed by atoms with Crippen LogP contribution in [0.4, 0.5) is 5.69 Å². The standard InChI is InChI=1S/C22H22N2O3S/c1-17-13-14-19(22(25)23-16-18-9-5-3-6-10-18)15-21(17)24(2)28(26,27)20-11-7-4-8-12-20/h3-15H,16H2,1-2H3,(H,23,25). The van der Waals surface area contributed by atoms with Crippen LogP contribution in [-0.4, -0.2) is 21.4 Å². The molecule has 5 nitrogen and oxygen atoms in total. The summed E-state index contributed by atoms with van der Waals surface area (Å²) in [6.45, 7) is 2.22. The van der Waals surface area contributed by atoms with Crippen molar-refractivity contribution in [2.75, 3.05) is 11.4 Å². The Morgan fingerprint density at radius 2 is 1.54 bits per heavy atom. The maximum atomic E-state index is 12.9. The van der Waals surface area contributed by atoms with Crippen molar-refractivity contribution in [3.8, 4) is 0 Å². The molecular weight excluding hydrogens is 372 g/mol. The second kappa shape index (κ2) is 8.27. The predicted octanol–water partition coefficient (Wildman–Crippen LogP) is 3.75. The van der Waals surface area contributed by atoms with Gasteiger partial charge in [-0.3, -0.25) is 9.10 Å². The quantitative estimate of drug-likeness (QED) is 0.692. The fraction of sp³-hybridized carbons (Fsp3) is 0.136. The molecule has 0 aromatic heterocycles. The molecule has 0 unspecified atom stereocenters. The first-order valence-corrected chi connectivity index (χ1v) is 10.3. The molecule has 0 bridgehead atoms. The minimum atomic E-state index is -3.71. The second-order valence-electron chi connectivity index (χ2n) is 6.46. The lowest BCUT2D eigenvalue weighted by atomic mass is 10.1. The van der Waals surface area contributed by atoms with E-state index in [1.807, 2.05) is 37.3 Å². The zero-order chi connectivity index (χ0) is 20.1. The molecule has 6 heteroatoms. The topological polar surface area (TPSA) is 66.5 Å². The molecule has 0 saturated carbocycles. The lowest BCUT2D eigenvalue weighted by Crippen LogP contribution is -2.28. The Kier molecular flexibility index (Phi) is 5.80. The van der Waals surface area contributed by atoms with Gasteiger partial charge in [0, 0.05) is 19.2 Å². The molecule has 0 aliphatic rings. The number of hydrogen-bond donors (Lipinski definition) is 1. The Labute approximate surface area is 165 Å². The molecule has 144 valence electrons. The van der Waals surface area contributed by atoms with Crippen LogP contribution in [0.3, 0.4) is 0 Å². The molecule has 1 amide bonds. The molecule has 0 saturated heterocycles. The number of carbonyl (C=O) groups is 1. The van der Waals surface area contributed by atoms with Crippen LogP contribution < -0.4 is 9.62 Å². The molecule has 0 spiro atoms. The van der Waals surface area contributed by atoms with Crippen molar-refractivity contribution in [1.82, 2.24) is 5.32 Å².